The molecule has 2 aliphatic heterocycles. The molecule has 3 rings (SSSR count). The average Bonchev–Trinajstić information content (AvgIpc) is 3.19. The van der Waals surface area contributed by atoms with Crippen molar-refractivity contribution >= 4 is 29.5 Å². The number of benzene rings is 1. The van der Waals surface area contributed by atoms with Crippen LogP contribution >= 0.6 is 0 Å². The number of imide groups is 2. The predicted molar refractivity (Wildman–Crippen MR) is 139 cm³/mol. The highest BCUT2D eigenvalue weighted by Gasteiger charge is 2.46. The zero-order chi connectivity index (χ0) is 28.7. The first kappa shape index (κ1) is 31.1. The SMILES string of the molecule is CNCCOCCOCCOCCOCCNC(=O)COc1cccc2c1C(=O)N(C1CCC(=O)NC1=O)C2=O. The van der Waals surface area contributed by atoms with E-state index in [9.17, 15) is 24.0 Å². The van der Waals surface area contributed by atoms with Gasteiger partial charge in [-0.15, -0.1) is 0 Å². The van der Waals surface area contributed by atoms with Gasteiger partial charge in [0.25, 0.3) is 17.7 Å². The van der Waals surface area contributed by atoms with E-state index in [2.05, 4.69) is 16.0 Å². The highest BCUT2D eigenvalue weighted by atomic mass is 16.6. The van der Waals surface area contributed by atoms with Crippen molar-refractivity contribution in [2.45, 2.75) is 18.9 Å². The van der Waals surface area contributed by atoms with E-state index in [1.165, 1.54) is 18.2 Å². The number of hydrogen-bond acceptors (Lipinski definition) is 11. The Bertz CT molecular complexity index is 1050. The van der Waals surface area contributed by atoms with Gasteiger partial charge in [-0.1, -0.05) is 6.07 Å². The third kappa shape index (κ3) is 9.06. The lowest BCUT2D eigenvalue weighted by Crippen LogP contribution is -2.54. The van der Waals surface area contributed by atoms with Crippen LogP contribution in [0.4, 0.5) is 0 Å². The minimum atomic E-state index is -1.08. The van der Waals surface area contributed by atoms with Crippen molar-refractivity contribution in [3.05, 3.63) is 29.3 Å². The number of amides is 5. The van der Waals surface area contributed by atoms with E-state index in [1.54, 1.807) is 0 Å². The third-order valence-electron chi connectivity index (χ3n) is 5.97. The number of hydrogen-bond donors (Lipinski definition) is 3. The summed E-state index contributed by atoms with van der Waals surface area (Å²) in [5.74, 6) is -2.90. The molecule has 0 bridgehead atoms. The molecule has 3 N–H and O–H groups in total. The minimum Gasteiger partial charge on any atom is -0.483 e. The van der Waals surface area contributed by atoms with Crippen LogP contribution < -0.4 is 20.7 Å². The topological polar surface area (TPSA) is 171 Å². The van der Waals surface area contributed by atoms with Crippen molar-refractivity contribution in [3.8, 4) is 5.75 Å². The van der Waals surface area contributed by atoms with Gasteiger partial charge in [0.15, 0.2) is 6.61 Å². The second-order valence-electron chi connectivity index (χ2n) is 8.82. The van der Waals surface area contributed by atoms with Gasteiger partial charge < -0.3 is 34.3 Å². The standard InChI is InChI=1S/C26H36N4O10/c1-27-7-9-36-11-13-38-15-16-39-14-12-37-10-8-28-22(32)17-40-20-4-2-3-18-23(20)26(35)30(25(18)34)19-5-6-21(31)29-24(19)33/h2-4,19,27H,5-17H2,1H3,(H,28,32)(H,29,31,33). The maximum Gasteiger partial charge on any atom is 0.266 e. The zero-order valence-corrected chi connectivity index (χ0v) is 22.5. The van der Waals surface area contributed by atoms with Crippen molar-refractivity contribution in [2.24, 2.45) is 0 Å². The normalized spacial score (nSPS) is 16.7. The van der Waals surface area contributed by atoms with Crippen molar-refractivity contribution < 1.29 is 47.7 Å². The van der Waals surface area contributed by atoms with E-state index in [0.29, 0.717) is 46.2 Å². The van der Waals surface area contributed by atoms with Crippen LogP contribution in [-0.4, -0.2) is 120 Å². The van der Waals surface area contributed by atoms with Gasteiger partial charge in [-0.25, -0.2) is 0 Å². The number of fused-ring (bicyclic) bond motifs is 1. The molecule has 1 aromatic carbocycles. The molecule has 0 aliphatic carbocycles. The zero-order valence-electron chi connectivity index (χ0n) is 22.5. The summed E-state index contributed by atoms with van der Waals surface area (Å²) in [5, 5.41) is 7.78. The van der Waals surface area contributed by atoms with Gasteiger partial charge in [-0.3, -0.25) is 34.2 Å². The molecule has 0 radical (unpaired) electrons. The number of likely N-dealkylation sites (N-methyl/N-ethyl adjacent to an activating group) is 1. The molecule has 0 saturated carbocycles. The second kappa shape index (κ2) is 16.6. The van der Waals surface area contributed by atoms with Crippen molar-refractivity contribution in [3.63, 3.8) is 0 Å². The molecular weight excluding hydrogens is 528 g/mol. The van der Waals surface area contributed by atoms with E-state index in [-0.39, 0.29) is 49.5 Å². The van der Waals surface area contributed by atoms with E-state index < -0.39 is 35.6 Å². The second-order valence-corrected chi connectivity index (χ2v) is 8.82. The molecule has 0 aromatic heterocycles. The summed E-state index contributed by atoms with van der Waals surface area (Å²) in [5.41, 5.74) is 0.0561. The van der Waals surface area contributed by atoms with E-state index >= 15 is 0 Å². The molecule has 220 valence electrons. The first-order valence-corrected chi connectivity index (χ1v) is 13.1. The molecule has 14 nitrogen and oxygen atoms in total. The van der Waals surface area contributed by atoms with Crippen molar-refractivity contribution in [1.29, 1.82) is 0 Å². The van der Waals surface area contributed by atoms with E-state index in [0.717, 1.165) is 11.4 Å². The lowest BCUT2D eigenvalue weighted by molar-refractivity contribution is -0.136. The Morgan fingerprint density at radius 3 is 2.15 bits per heavy atom. The summed E-state index contributed by atoms with van der Waals surface area (Å²) < 4.78 is 27.1. The molecule has 2 aliphatic rings. The Morgan fingerprint density at radius 2 is 1.52 bits per heavy atom. The lowest BCUT2D eigenvalue weighted by Gasteiger charge is -2.27. The van der Waals surface area contributed by atoms with Gasteiger partial charge >= 0.3 is 0 Å². The number of nitrogens with one attached hydrogen (secondary N) is 3. The van der Waals surface area contributed by atoms with Crippen LogP contribution in [0.1, 0.15) is 33.6 Å². The summed E-state index contributed by atoms with van der Waals surface area (Å²) in [7, 11) is 1.86. The van der Waals surface area contributed by atoms with Crippen LogP contribution in [0.15, 0.2) is 18.2 Å². The van der Waals surface area contributed by atoms with Crippen LogP contribution in [0.3, 0.4) is 0 Å². The molecule has 40 heavy (non-hydrogen) atoms. The van der Waals surface area contributed by atoms with E-state index in [1.807, 2.05) is 7.05 Å². The van der Waals surface area contributed by atoms with Crippen LogP contribution in [-0.2, 0) is 33.3 Å². The Hall–Kier alpha value is -3.43. The molecule has 0 spiro atoms. The summed E-state index contributed by atoms with van der Waals surface area (Å²) >= 11 is 0. The number of piperidine rings is 1. The molecule has 5 amide bonds. The highest BCUT2D eigenvalue weighted by Crippen LogP contribution is 2.33. The fourth-order valence-electron chi connectivity index (χ4n) is 4.00. The summed E-state index contributed by atoms with van der Waals surface area (Å²) in [6.45, 7) is 4.27. The van der Waals surface area contributed by atoms with Crippen LogP contribution in [0.2, 0.25) is 0 Å². The fourth-order valence-corrected chi connectivity index (χ4v) is 4.00. The molecule has 1 fully saturated rings. The molecule has 1 aromatic rings. The van der Waals surface area contributed by atoms with Crippen LogP contribution in [0.25, 0.3) is 0 Å². The largest absolute Gasteiger partial charge is 0.483 e. The first-order valence-electron chi connectivity index (χ1n) is 13.1. The smallest absolute Gasteiger partial charge is 0.266 e. The van der Waals surface area contributed by atoms with Gasteiger partial charge in [-0.05, 0) is 25.6 Å². The number of nitrogens with zero attached hydrogens (tertiary/aromatic N) is 1. The number of rotatable bonds is 19. The highest BCUT2D eigenvalue weighted by molar-refractivity contribution is 6.24. The Kier molecular flexibility index (Phi) is 12.9. The molecule has 14 heteroatoms. The van der Waals surface area contributed by atoms with Crippen molar-refractivity contribution in [2.75, 3.05) is 79.6 Å². The van der Waals surface area contributed by atoms with E-state index in [4.69, 9.17) is 23.7 Å². The number of carbonyl (C=O) groups excluding carboxylic acids is 5. The fraction of sp³-hybridized carbons (Fsp3) is 0.577. The Morgan fingerprint density at radius 1 is 0.900 bits per heavy atom. The molecule has 1 saturated heterocycles. The molecule has 1 unspecified atom stereocenters. The maximum absolute atomic E-state index is 13.0. The summed E-state index contributed by atoms with van der Waals surface area (Å²) in [4.78, 5) is 62.6. The Balaban J connectivity index is 1.28. The Labute approximate surface area is 232 Å². The molecule has 1 atom stereocenters. The quantitative estimate of drug-likeness (QED) is 0.137. The van der Waals surface area contributed by atoms with Gasteiger partial charge in [-0.2, -0.15) is 0 Å². The lowest BCUT2D eigenvalue weighted by atomic mass is 10.0. The summed E-state index contributed by atoms with van der Waals surface area (Å²) in [6.07, 6.45) is 0.0673. The summed E-state index contributed by atoms with van der Waals surface area (Å²) in [6, 6.07) is 3.36. The molecule has 2 heterocycles. The van der Waals surface area contributed by atoms with Gasteiger partial charge in [0.2, 0.25) is 11.8 Å². The minimum absolute atomic E-state index is 0.0170. The van der Waals surface area contributed by atoms with Gasteiger partial charge in [0.05, 0.1) is 64.0 Å². The molecular formula is C26H36N4O10. The maximum atomic E-state index is 13.0. The van der Waals surface area contributed by atoms with Gasteiger partial charge in [0.1, 0.15) is 11.8 Å². The average molecular weight is 565 g/mol. The number of ether oxygens (including phenoxy) is 5. The monoisotopic (exact) mass is 564 g/mol. The number of carbonyl (C=O) groups is 5. The van der Waals surface area contributed by atoms with Crippen molar-refractivity contribution in [1.82, 2.24) is 20.9 Å². The first-order chi connectivity index (χ1) is 19.4. The third-order valence-corrected chi connectivity index (χ3v) is 5.97. The van der Waals surface area contributed by atoms with Crippen LogP contribution in [0, 0.1) is 0 Å². The van der Waals surface area contributed by atoms with Crippen LogP contribution in [0.5, 0.6) is 5.75 Å². The van der Waals surface area contributed by atoms with Gasteiger partial charge in [0, 0.05) is 19.5 Å². The predicted octanol–water partition coefficient (Wildman–Crippen LogP) is -1.13.